The van der Waals surface area contributed by atoms with Crippen molar-refractivity contribution in [2.45, 2.75) is 134 Å². The molecule has 0 aromatic carbocycles. The molecule has 9 rings (SSSR count). The number of rotatable bonds is 8. The second-order valence-electron chi connectivity index (χ2n) is 20.9. The first kappa shape index (κ1) is 45.1. The van der Waals surface area contributed by atoms with Gasteiger partial charge >= 0.3 is 0 Å². The van der Waals surface area contributed by atoms with Gasteiger partial charge in [-0.2, -0.15) is 0 Å². The maximum absolute atomic E-state index is 5.52. The van der Waals surface area contributed by atoms with Gasteiger partial charge in [0.1, 0.15) is 0 Å². The van der Waals surface area contributed by atoms with E-state index in [9.17, 15) is 0 Å². The highest BCUT2D eigenvalue weighted by Crippen LogP contribution is 2.40. The number of allylic oxidation sites excluding steroid dienone is 4. The molecule has 0 radical (unpaired) electrons. The van der Waals surface area contributed by atoms with Gasteiger partial charge in [-0.25, -0.2) is 24.9 Å². The highest BCUT2D eigenvalue weighted by Gasteiger charge is 2.31. The van der Waals surface area contributed by atoms with Gasteiger partial charge in [0.15, 0.2) is 0 Å². The molecule has 0 spiro atoms. The molecule has 8 heteroatoms. The molecule has 2 N–H and O–H groups in total. The number of hydrogen-bond donors (Lipinski definition) is 2. The van der Waals surface area contributed by atoms with Gasteiger partial charge in [0.25, 0.3) is 0 Å². The molecule has 0 amide bonds. The van der Waals surface area contributed by atoms with Crippen molar-refractivity contribution in [1.82, 2.24) is 24.9 Å². The van der Waals surface area contributed by atoms with E-state index in [1.807, 2.05) is 0 Å². The van der Waals surface area contributed by atoms with Crippen molar-refractivity contribution >= 4 is 29.3 Å². The lowest BCUT2D eigenvalue weighted by Gasteiger charge is -2.21. The Bertz CT molecular complexity index is 2950. The second kappa shape index (κ2) is 18.3. The molecular weight excluding hydrogens is 809 g/mol. The van der Waals surface area contributed by atoms with Crippen LogP contribution >= 0.6 is 0 Å². The van der Waals surface area contributed by atoms with Gasteiger partial charge in [0.05, 0.1) is 80.1 Å². The van der Waals surface area contributed by atoms with Crippen molar-refractivity contribution in [2.24, 2.45) is 38.6 Å². The van der Waals surface area contributed by atoms with Gasteiger partial charge in [-0.1, -0.05) is 73.6 Å². The first-order chi connectivity index (χ1) is 31.6. The average molecular weight is 877 g/mol. The van der Waals surface area contributed by atoms with Crippen LogP contribution in [0.4, 0.5) is 0 Å². The van der Waals surface area contributed by atoms with E-state index in [0.29, 0.717) is 23.7 Å². The fraction of sp³-hybridized carbons (Fsp3) is 0.414. The summed E-state index contributed by atoms with van der Waals surface area (Å²) in [4.78, 5) is 40.3. The number of aliphatic imine (C=N–C) groups is 3. The normalized spacial score (nSPS) is 18.8. The smallest absolute Gasteiger partial charge is 0.0926 e. The molecule has 5 aromatic heterocycles. The van der Waals surface area contributed by atoms with Crippen molar-refractivity contribution in [3.63, 3.8) is 0 Å². The van der Waals surface area contributed by atoms with Crippen LogP contribution in [-0.4, -0.2) is 42.1 Å². The summed E-state index contributed by atoms with van der Waals surface area (Å²) in [5.74, 6) is 1.86. The van der Waals surface area contributed by atoms with Crippen LogP contribution in [0.3, 0.4) is 0 Å². The Morgan fingerprint density at radius 1 is 0.530 bits per heavy atom. The molecule has 1 atom stereocenters. The summed E-state index contributed by atoms with van der Waals surface area (Å²) in [7, 11) is 0. The third-order valence-electron chi connectivity index (χ3n) is 13.6. The zero-order chi connectivity index (χ0) is 46.6. The largest absolute Gasteiger partial charge is 0.353 e. The van der Waals surface area contributed by atoms with E-state index in [-0.39, 0.29) is 6.04 Å². The summed E-state index contributed by atoms with van der Waals surface area (Å²) in [6.45, 7) is 27.3. The lowest BCUT2D eigenvalue weighted by atomic mass is 9.91. The van der Waals surface area contributed by atoms with Crippen molar-refractivity contribution in [2.75, 3.05) is 0 Å². The molecular formula is C58H68N8. The van der Waals surface area contributed by atoms with Crippen LogP contribution in [0.25, 0.3) is 46.3 Å². The maximum atomic E-state index is 5.52. The molecule has 4 aliphatic heterocycles. The number of aromatic amines is 2. The van der Waals surface area contributed by atoms with E-state index in [1.54, 1.807) is 0 Å². The predicted molar refractivity (Wildman–Crippen MR) is 276 cm³/mol. The van der Waals surface area contributed by atoms with Gasteiger partial charge < -0.3 is 9.97 Å². The van der Waals surface area contributed by atoms with Gasteiger partial charge in [0, 0.05) is 11.4 Å². The second-order valence-corrected chi connectivity index (χ2v) is 20.9. The maximum Gasteiger partial charge on any atom is 0.0926 e. The SMILES string of the molecule is CC1=C(CC(C)C)/C2=C/c3[nH]c(c(C)c3CC(C)C)-c3cccc(n3)-c3cccc(n3)-c3[nH]c(c(CC(C)C)c3C)/C=C3\N=C(C(C)=C3CC(C)C)c3cccc(n3)C3CCCC(=N3)C1=N2. The summed E-state index contributed by atoms with van der Waals surface area (Å²) < 4.78 is 0. The summed E-state index contributed by atoms with van der Waals surface area (Å²) in [6, 6.07) is 19.0. The molecule has 9 heterocycles. The standard InChI is InChI=1S/C58H68N8/c1-31(2)25-39-35(9)55-47-21-13-17-43(59-47)44-18-14-23-49(60-44)57-37(11)41(27-33(5)6)53(65-57)30-54-42(28-34(7)8)38(12)58(66-54)50-24-16-20-46(62-50)45-19-15-22-48(61-45)56-36(10)40(26-32(3)4)52(64-56)29-51(39)63-55/h13-15,17-19,21-23,29-34,46,63,65H,16,20,24-28H2,1-12H3/b52-29-,54-30-. The van der Waals surface area contributed by atoms with Crippen LogP contribution in [-0.2, 0) is 12.8 Å². The fourth-order valence-corrected chi connectivity index (χ4v) is 10.4. The number of pyridine rings is 3. The van der Waals surface area contributed by atoms with Crippen LogP contribution < -0.4 is 0 Å². The Morgan fingerprint density at radius 2 is 0.985 bits per heavy atom. The molecule has 1 unspecified atom stereocenters. The van der Waals surface area contributed by atoms with Crippen LogP contribution in [0, 0.1) is 37.5 Å². The molecule has 0 saturated carbocycles. The fourth-order valence-electron chi connectivity index (χ4n) is 10.4. The molecule has 5 aromatic rings. The molecule has 16 bridgehead atoms. The van der Waals surface area contributed by atoms with Crippen LogP contribution in [0.15, 0.2) is 103 Å². The van der Waals surface area contributed by atoms with Crippen molar-refractivity contribution in [1.29, 1.82) is 0 Å². The summed E-state index contributed by atoms with van der Waals surface area (Å²) in [5, 5.41) is 0. The van der Waals surface area contributed by atoms with E-state index in [0.717, 1.165) is 130 Å². The Kier molecular flexibility index (Phi) is 12.5. The molecule has 0 fully saturated rings. The number of fused-ring (bicyclic) bond motifs is 19. The summed E-state index contributed by atoms with van der Waals surface area (Å²) >= 11 is 0. The van der Waals surface area contributed by atoms with Gasteiger partial charge in [-0.3, -0.25) is 4.99 Å². The minimum Gasteiger partial charge on any atom is -0.353 e. The van der Waals surface area contributed by atoms with E-state index in [2.05, 4.69) is 160 Å². The average Bonchev–Trinajstić information content (AvgIpc) is 3.97. The number of aromatic nitrogens is 5. The quantitative estimate of drug-likeness (QED) is 0.162. The molecule has 8 nitrogen and oxygen atoms in total. The minimum atomic E-state index is -0.0543. The van der Waals surface area contributed by atoms with Crippen LogP contribution in [0.5, 0.6) is 0 Å². The zero-order valence-corrected chi connectivity index (χ0v) is 41.4. The van der Waals surface area contributed by atoms with Gasteiger partial charge in [-0.15, -0.1) is 0 Å². The number of nitrogens with one attached hydrogen (secondary N) is 2. The summed E-state index contributed by atoms with van der Waals surface area (Å²) in [5.41, 5.74) is 24.8. The topological polar surface area (TPSA) is 107 Å². The van der Waals surface area contributed by atoms with E-state index >= 15 is 0 Å². The predicted octanol–water partition coefficient (Wildman–Crippen LogP) is 14.6. The van der Waals surface area contributed by atoms with Crippen molar-refractivity contribution < 1.29 is 0 Å². The van der Waals surface area contributed by atoms with Crippen molar-refractivity contribution in [3.05, 3.63) is 133 Å². The lowest BCUT2D eigenvalue weighted by molar-refractivity contribution is 0.586. The van der Waals surface area contributed by atoms with Crippen molar-refractivity contribution in [3.8, 4) is 34.2 Å². The zero-order valence-electron chi connectivity index (χ0n) is 41.4. The third-order valence-corrected chi connectivity index (χ3v) is 13.6. The monoisotopic (exact) mass is 877 g/mol. The van der Waals surface area contributed by atoms with E-state index < -0.39 is 0 Å². The van der Waals surface area contributed by atoms with Crippen LogP contribution in [0.1, 0.15) is 152 Å². The van der Waals surface area contributed by atoms with Crippen LogP contribution in [0.2, 0.25) is 0 Å². The minimum absolute atomic E-state index is 0.0543. The highest BCUT2D eigenvalue weighted by molar-refractivity contribution is 6.49. The first-order valence-electron chi connectivity index (χ1n) is 24.6. The van der Waals surface area contributed by atoms with E-state index in [4.69, 9.17) is 29.9 Å². The number of H-pyrrole nitrogens is 2. The van der Waals surface area contributed by atoms with Gasteiger partial charge in [0.2, 0.25) is 0 Å². The Morgan fingerprint density at radius 3 is 1.50 bits per heavy atom. The van der Waals surface area contributed by atoms with Gasteiger partial charge in [-0.05, 0) is 189 Å². The Balaban J connectivity index is 1.28. The first-order valence-corrected chi connectivity index (χ1v) is 24.6. The Labute approximate surface area is 392 Å². The molecule has 0 aliphatic carbocycles. The molecule has 340 valence electrons. The Hall–Kier alpha value is -6.02. The number of nitrogens with zero attached hydrogens (tertiary/aromatic N) is 6. The number of hydrogen-bond acceptors (Lipinski definition) is 6. The summed E-state index contributed by atoms with van der Waals surface area (Å²) in [6.07, 6.45) is 11.2. The molecule has 0 saturated heterocycles. The molecule has 66 heavy (non-hydrogen) atoms. The lowest BCUT2D eigenvalue weighted by Crippen LogP contribution is -2.20. The van der Waals surface area contributed by atoms with E-state index in [1.165, 1.54) is 44.5 Å². The highest BCUT2D eigenvalue weighted by atomic mass is 14.9. The molecule has 4 aliphatic rings. The third kappa shape index (κ3) is 8.83.